The molecule has 1 aromatic rings. The van der Waals surface area contributed by atoms with Crippen molar-refractivity contribution < 1.29 is 5.11 Å². The summed E-state index contributed by atoms with van der Waals surface area (Å²) < 4.78 is 0. The van der Waals surface area contributed by atoms with E-state index in [9.17, 15) is 5.11 Å². The topological polar surface area (TPSA) is 32.3 Å². The lowest BCUT2D eigenvalue weighted by atomic mass is 10.1. The van der Waals surface area contributed by atoms with E-state index >= 15 is 0 Å². The van der Waals surface area contributed by atoms with Crippen LogP contribution in [0.1, 0.15) is 18.9 Å². The first-order valence-electron chi connectivity index (χ1n) is 4.94. The number of phenols is 1. The molecule has 0 radical (unpaired) electrons. The lowest BCUT2D eigenvalue weighted by Crippen LogP contribution is -2.26. The van der Waals surface area contributed by atoms with Gasteiger partial charge in [0.1, 0.15) is 5.75 Å². The first-order valence-corrected chi connectivity index (χ1v) is 5.70. The van der Waals surface area contributed by atoms with Gasteiger partial charge in [0.15, 0.2) is 0 Å². The molecule has 0 aromatic heterocycles. The fraction of sp³-hybridized carbons (Fsp3) is 0.333. The van der Waals surface area contributed by atoms with Crippen molar-refractivity contribution >= 4 is 23.2 Å². The van der Waals surface area contributed by atoms with Crippen LogP contribution in [0.3, 0.4) is 0 Å². The van der Waals surface area contributed by atoms with E-state index in [2.05, 4.69) is 11.2 Å². The van der Waals surface area contributed by atoms with Crippen LogP contribution in [-0.2, 0) is 6.54 Å². The second-order valence-electron chi connectivity index (χ2n) is 3.40. The Morgan fingerprint density at radius 2 is 2.19 bits per heavy atom. The van der Waals surface area contributed by atoms with Gasteiger partial charge in [0.2, 0.25) is 0 Å². The molecule has 1 unspecified atom stereocenters. The van der Waals surface area contributed by atoms with Gasteiger partial charge in [-0.05, 0) is 18.6 Å². The largest absolute Gasteiger partial charge is 0.506 e. The normalized spacial score (nSPS) is 12.1. The number of halogens is 2. The summed E-state index contributed by atoms with van der Waals surface area (Å²) in [6.07, 6.45) is 6.14. The van der Waals surface area contributed by atoms with Crippen molar-refractivity contribution in [3.05, 3.63) is 27.7 Å². The van der Waals surface area contributed by atoms with Gasteiger partial charge in [-0.25, -0.2) is 0 Å². The average Bonchev–Trinajstić information content (AvgIpc) is 2.26. The molecule has 1 rings (SSSR count). The number of benzene rings is 1. The molecule has 86 valence electrons. The van der Waals surface area contributed by atoms with Crippen molar-refractivity contribution in [2.24, 2.45) is 0 Å². The van der Waals surface area contributed by atoms with Crippen LogP contribution in [-0.4, -0.2) is 11.1 Å². The van der Waals surface area contributed by atoms with Crippen molar-refractivity contribution in [2.45, 2.75) is 25.9 Å². The monoisotopic (exact) mass is 257 g/mol. The Labute approximate surface area is 106 Å². The molecule has 0 amide bonds. The van der Waals surface area contributed by atoms with E-state index in [0.717, 1.165) is 6.42 Å². The minimum Gasteiger partial charge on any atom is -0.506 e. The van der Waals surface area contributed by atoms with Crippen molar-refractivity contribution in [1.82, 2.24) is 5.32 Å². The van der Waals surface area contributed by atoms with Gasteiger partial charge in [-0.3, -0.25) is 5.32 Å². The van der Waals surface area contributed by atoms with E-state index in [1.165, 1.54) is 6.07 Å². The minimum absolute atomic E-state index is 0.0165. The van der Waals surface area contributed by atoms with E-state index in [1.807, 2.05) is 6.92 Å². The molecule has 1 aromatic carbocycles. The molecule has 0 heterocycles. The highest BCUT2D eigenvalue weighted by molar-refractivity contribution is 6.35. The number of hydrogen-bond acceptors (Lipinski definition) is 2. The van der Waals surface area contributed by atoms with Crippen molar-refractivity contribution in [1.29, 1.82) is 0 Å². The molecule has 4 heteroatoms. The number of nitrogens with one attached hydrogen (secondary N) is 1. The van der Waals surface area contributed by atoms with Crippen LogP contribution < -0.4 is 5.32 Å². The number of hydrogen-bond donors (Lipinski definition) is 2. The summed E-state index contributed by atoms with van der Waals surface area (Å²) in [7, 11) is 0. The van der Waals surface area contributed by atoms with Crippen molar-refractivity contribution in [2.75, 3.05) is 0 Å². The summed E-state index contributed by atoms with van der Waals surface area (Å²) in [5, 5.41) is 13.6. The molecule has 0 spiro atoms. The van der Waals surface area contributed by atoms with Gasteiger partial charge >= 0.3 is 0 Å². The van der Waals surface area contributed by atoms with Crippen LogP contribution >= 0.6 is 23.2 Å². The first kappa shape index (κ1) is 13.2. The summed E-state index contributed by atoms with van der Waals surface area (Å²) in [4.78, 5) is 0. The Balaban J connectivity index is 2.78. The zero-order valence-electron chi connectivity index (χ0n) is 8.93. The molecule has 16 heavy (non-hydrogen) atoms. The van der Waals surface area contributed by atoms with E-state index in [1.54, 1.807) is 6.07 Å². The second kappa shape index (κ2) is 6.00. The number of rotatable bonds is 4. The van der Waals surface area contributed by atoms with Crippen LogP contribution in [0.2, 0.25) is 10.0 Å². The summed E-state index contributed by atoms with van der Waals surface area (Å²) in [5.41, 5.74) is 0.645. The molecule has 2 N–H and O–H groups in total. The number of terminal acetylenes is 1. The van der Waals surface area contributed by atoms with Gasteiger partial charge in [0, 0.05) is 17.1 Å². The molecule has 0 aliphatic carbocycles. The standard InChI is InChI=1S/C12H13Cl2NO/c1-3-10(4-2)15-7-8-5-9(13)6-11(14)12(8)16/h1,5-6,10,15-16H,4,7H2,2H3. The summed E-state index contributed by atoms with van der Waals surface area (Å²) in [5.74, 6) is 2.66. The smallest absolute Gasteiger partial charge is 0.138 e. The fourth-order valence-electron chi connectivity index (χ4n) is 1.31. The Hall–Kier alpha value is -0.880. The van der Waals surface area contributed by atoms with Crippen LogP contribution in [0.4, 0.5) is 0 Å². The highest BCUT2D eigenvalue weighted by atomic mass is 35.5. The molecular formula is C12H13Cl2NO. The zero-order chi connectivity index (χ0) is 12.1. The highest BCUT2D eigenvalue weighted by Gasteiger charge is 2.09. The average molecular weight is 258 g/mol. The Kier molecular flexibility index (Phi) is 4.95. The summed E-state index contributed by atoms with van der Waals surface area (Å²) >= 11 is 11.6. The fourth-order valence-corrected chi connectivity index (χ4v) is 1.84. The van der Waals surface area contributed by atoms with E-state index in [4.69, 9.17) is 29.6 Å². The molecule has 1 atom stereocenters. The molecule has 0 bridgehead atoms. The Morgan fingerprint density at radius 3 is 2.75 bits per heavy atom. The van der Waals surface area contributed by atoms with E-state index < -0.39 is 0 Å². The molecule has 2 nitrogen and oxygen atoms in total. The second-order valence-corrected chi connectivity index (χ2v) is 4.25. The van der Waals surface area contributed by atoms with Crippen LogP contribution in [0.5, 0.6) is 5.75 Å². The Morgan fingerprint density at radius 1 is 1.50 bits per heavy atom. The minimum atomic E-state index is -0.0165. The predicted molar refractivity (Wildman–Crippen MR) is 67.9 cm³/mol. The van der Waals surface area contributed by atoms with Gasteiger partial charge < -0.3 is 5.11 Å². The van der Waals surface area contributed by atoms with Crippen LogP contribution in [0.25, 0.3) is 0 Å². The molecule has 0 aliphatic heterocycles. The van der Waals surface area contributed by atoms with Crippen LogP contribution in [0.15, 0.2) is 12.1 Å². The van der Waals surface area contributed by atoms with Gasteiger partial charge in [-0.2, -0.15) is 0 Å². The SMILES string of the molecule is C#CC(CC)NCc1cc(Cl)cc(Cl)c1O. The highest BCUT2D eigenvalue weighted by Crippen LogP contribution is 2.30. The lowest BCUT2D eigenvalue weighted by molar-refractivity contribution is 0.462. The third-order valence-electron chi connectivity index (χ3n) is 2.26. The molecular weight excluding hydrogens is 245 g/mol. The maximum atomic E-state index is 9.70. The first-order chi connectivity index (χ1) is 7.58. The van der Waals surface area contributed by atoms with Gasteiger partial charge in [-0.1, -0.05) is 36.0 Å². The lowest BCUT2D eigenvalue weighted by Gasteiger charge is -2.12. The quantitative estimate of drug-likeness (QED) is 0.813. The molecule has 0 fully saturated rings. The third kappa shape index (κ3) is 3.31. The summed E-state index contributed by atoms with van der Waals surface area (Å²) in [6.45, 7) is 2.43. The predicted octanol–water partition coefficient (Wildman–Crippen LogP) is 3.20. The Bertz CT molecular complexity index is 412. The molecule has 0 saturated carbocycles. The zero-order valence-corrected chi connectivity index (χ0v) is 10.4. The van der Waals surface area contributed by atoms with Gasteiger partial charge in [0.25, 0.3) is 0 Å². The third-order valence-corrected chi connectivity index (χ3v) is 2.76. The van der Waals surface area contributed by atoms with Crippen molar-refractivity contribution in [3.8, 4) is 18.1 Å². The number of aromatic hydroxyl groups is 1. The molecule has 0 saturated heterocycles. The molecule has 0 aliphatic rings. The van der Waals surface area contributed by atoms with Gasteiger partial charge in [0.05, 0.1) is 11.1 Å². The van der Waals surface area contributed by atoms with Crippen LogP contribution in [0, 0.1) is 12.3 Å². The summed E-state index contributed by atoms with van der Waals surface area (Å²) in [6, 6.07) is 3.15. The number of phenolic OH excluding ortho intramolecular Hbond substituents is 1. The van der Waals surface area contributed by atoms with Crippen molar-refractivity contribution in [3.63, 3.8) is 0 Å². The maximum absolute atomic E-state index is 9.70. The van der Waals surface area contributed by atoms with E-state index in [0.29, 0.717) is 17.1 Å². The van der Waals surface area contributed by atoms with Gasteiger partial charge in [-0.15, -0.1) is 6.42 Å². The van der Waals surface area contributed by atoms with E-state index in [-0.39, 0.29) is 16.8 Å². The maximum Gasteiger partial charge on any atom is 0.138 e.